The zero-order chi connectivity index (χ0) is 22.2. The van der Waals surface area contributed by atoms with Crippen molar-refractivity contribution in [3.05, 3.63) is 64.9 Å². The molecular formula is C19H13ClF3N5O3. The number of nitrogens with one attached hydrogen (secondary N) is 2. The van der Waals surface area contributed by atoms with Gasteiger partial charge in [0.05, 0.1) is 17.9 Å². The van der Waals surface area contributed by atoms with Crippen LogP contribution < -0.4 is 10.6 Å². The molecule has 12 heteroatoms. The molecule has 31 heavy (non-hydrogen) atoms. The number of aromatic nitrogens is 3. The second kappa shape index (κ2) is 7.84. The Bertz CT molecular complexity index is 1270. The number of amides is 2. The Morgan fingerprint density at radius 1 is 1.19 bits per heavy atom. The standard InChI is InChI=1S/C19H13ClF3N5O3/c20-10-2-1-3-11(6-10)28-12(7-16(27-28)19(21,22)23)9-24-17(30)26-18-25-14-5-4-13(29)8-15(14)31-18/h1-8,29H,9H2,(H2,24,25,26,30). The summed E-state index contributed by atoms with van der Waals surface area (Å²) in [6.45, 7) is -0.275. The highest BCUT2D eigenvalue weighted by atomic mass is 35.5. The number of oxazole rings is 1. The molecule has 160 valence electrons. The van der Waals surface area contributed by atoms with Gasteiger partial charge in [0, 0.05) is 11.1 Å². The number of fused-ring (bicyclic) bond motifs is 1. The number of hydrogen-bond donors (Lipinski definition) is 3. The van der Waals surface area contributed by atoms with Gasteiger partial charge in [-0.05, 0) is 36.4 Å². The first-order chi connectivity index (χ1) is 14.7. The summed E-state index contributed by atoms with van der Waals surface area (Å²) in [6.07, 6.45) is -4.66. The third-order valence-corrected chi connectivity index (χ3v) is 4.38. The normalized spacial score (nSPS) is 11.6. The third kappa shape index (κ3) is 4.56. The number of carbonyl (C=O) groups is 1. The average Bonchev–Trinajstić information content (AvgIpc) is 3.29. The molecule has 0 unspecified atom stereocenters. The first-order valence-electron chi connectivity index (χ1n) is 8.75. The van der Waals surface area contributed by atoms with E-state index in [4.69, 9.17) is 16.0 Å². The Labute approximate surface area is 177 Å². The molecule has 0 aliphatic rings. The number of benzene rings is 2. The van der Waals surface area contributed by atoms with Crippen LogP contribution in [0.3, 0.4) is 0 Å². The number of nitrogens with zero attached hydrogens (tertiary/aromatic N) is 3. The van der Waals surface area contributed by atoms with Crippen molar-refractivity contribution in [2.45, 2.75) is 12.7 Å². The molecule has 4 aromatic rings. The van der Waals surface area contributed by atoms with Crippen LogP contribution in [-0.4, -0.2) is 25.9 Å². The zero-order valence-electron chi connectivity index (χ0n) is 15.4. The van der Waals surface area contributed by atoms with E-state index in [-0.39, 0.29) is 29.6 Å². The predicted molar refractivity (Wildman–Crippen MR) is 105 cm³/mol. The van der Waals surface area contributed by atoms with E-state index in [0.717, 1.165) is 10.7 Å². The summed E-state index contributed by atoms with van der Waals surface area (Å²) in [5.74, 6) is -0.0330. The van der Waals surface area contributed by atoms with Gasteiger partial charge in [0.2, 0.25) is 0 Å². The average molecular weight is 452 g/mol. The molecule has 2 aromatic carbocycles. The van der Waals surface area contributed by atoms with E-state index in [1.54, 1.807) is 12.1 Å². The van der Waals surface area contributed by atoms with Crippen LogP contribution in [0.15, 0.2) is 52.9 Å². The summed E-state index contributed by atoms with van der Waals surface area (Å²) in [6, 6.07) is 10.3. The number of halogens is 4. The SMILES string of the molecule is O=C(NCc1cc(C(F)(F)F)nn1-c1cccc(Cl)c1)Nc1nc2ccc(O)cc2o1. The molecule has 0 fully saturated rings. The van der Waals surface area contributed by atoms with Gasteiger partial charge in [0.15, 0.2) is 11.3 Å². The van der Waals surface area contributed by atoms with Crippen molar-refractivity contribution >= 4 is 34.7 Å². The summed E-state index contributed by atoms with van der Waals surface area (Å²) in [5.41, 5.74) is -0.0688. The zero-order valence-corrected chi connectivity index (χ0v) is 16.2. The van der Waals surface area contributed by atoms with Gasteiger partial charge in [0.1, 0.15) is 11.3 Å². The van der Waals surface area contributed by atoms with Crippen LogP contribution in [0.1, 0.15) is 11.4 Å². The lowest BCUT2D eigenvalue weighted by Gasteiger charge is -2.09. The minimum absolute atomic E-state index is 0.0330. The molecule has 0 aliphatic carbocycles. The van der Waals surface area contributed by atoms with E-state index in [2.05, 4.69) is 20.7 Å². The van der Waals surface area contributed by atoms with E-state index in [0.29, 0.717) is 16.2 Å². The predicted octanol–water partition coefficient (Wildman–Crippen LogP) is 4.71. The van der Waals surface area contributed by atoms with Crippen LogP contribution in [0.25, 0.3) is 16.8 Å². The highest BCUT2D eigenvalue weighted by Gasteiger charge is 2.35. The minimum atomic E-state index is -4.66. The Morgan fingerprint density at radius 3 is 2.74 bits per heavy atom. The highest BCUT2D eigenvalue weighted by molar-refractivity contribution is 6.30. The van der Waals surface area contributed by atoms with Crippen LogP contribution in [0.2, 0.25) is 5.02 Å². The molecule has 0 bridgehead atoms. The number of alkyl halides is 3. The van der Waals surface area contributed by atoms with E-state index in [1.807, 2.05) is 0 Å². The first kappa shape index (κ1) is 20.5. The topological polar surface area (TPSA) is 105 Å². The van der Waals surface area contributed by atoms with Crippen LogP contribution in [0.4, 0.5) is 24.0 Å². The van der Waals surface area contributed by atoms with Crippen molar-refractivity contribution in [1.82, 2.24) is 20.1 Å². The number of hydrogen-bond acceptors (Lipinski definition) is 5. The largest absolute Gasteiger partial charge is 0.508 e. The van der Waals surface area contributed by atoms with Gasteiger partial charge in [-0.1, -0.05) is 17.7 Å². The maximum absolute atomic E-state index is 13.2. The summed E-state index contributed by atoms with van der Waals surface area (Å²) in [5, 5.41) is 18.1. The van der Waals surface area contributed by atoms with Crippen molar-refractivity contribution in [2.75, 3.05) is 5.32 Å². The van der Waals surface area contributed by atoms with Gasteiger partial charge in [-0.15, -0.1) is 0 Å². The van der Waals surface area contributed by atoms with Crippen LogP contribution >= 0.6 is 11.6 Å². The van der Waals surface area contributed by atoms with Crippen molar-refractivity contribution in [1.29, 1.82) is 0 Å². The Hall–Kier alpha value is -3.73. The summed E-state index contributed by atoms with van der Waals surface area (Å²) >= 11 is 5.93. The lowest BCUT2D eigenvalue weighted by molar-refractivity contribution is -0.141. The third-order valence-electron chi connectivity index (χ3n) is 4.15. The van der Waals surface area contributed by atoms with Gasteiger partial charge in [-0.2, -0.15) is 23.3 Å². The fourth-order valence-electron chi connectivity index (χ4n) is 2.79. The lowest BCUT2D eigenvalue weighted by Crippen LogP contribution is -2.29. The summed E-state index contributed by atoms with van der Waals surface area (Å²) in [7, 11) is 0. The quantitative estimate of drug-likeness (QED) is 0.416. The summed E-state index contributed by atoms with van der Waals surface area (Å²) < 4.78 is 45.8. The molecule has 0 atom stereocenters. The van der Waals surface area contributed by atoms with Gasteiger partial charge < -0.3 is 14.8 Å². The number of carbonyl (C=O) groups excluding carboxylic acids is 1. The molecule has 0 saturated heterocycles. The van der Waals surface area contributed by atoms with Gasteiger partial charge in [0.25, 0.3) is 0 Å². The molecule has 3 N–H and O–H groups in total. The van der Waals surface area contributed by atoms with E-state index >= 15 is 0 Å². The van der Waals surface area contributed by atoms with Gasteiger partial charge >= 0.3 is 18.2 Å². The first-order valence-corrected chi connectivity index (χ1v) is 9.13. The van der Waals surface area contributed by atoms with Crippen LogP contribution in [0, 0.1) is 0 Å². The van der Waals surface area contributed by atoms with Gasteiger partial charge in [-0.3, -0.25) is 5.32 Å². The molecular weight excluding hydrogens is 439 g/mol. The van der Waals surface area contributed by atoms with Crippen molar-refractivity contribution in [3.63, 3.8) is 0 Å². The van der Waals surface area contributed by atoms with Gasteiger partial charge in [-0.25, -0.2) is 9.48 Å². The molecule has 4 rings (SSSR count). The molecule has 2 aromatic heterocycles. The molecule has 2 heterocycles. The van der Waals surface area contributed by atoms with Crippen LogP contribution in [-0.2, 0) is 12.7 Å². The molecule has 0 radical (unpaired) electrons. The fraction of sp³-hybridized carbons (Fsp3) is 0.105. The maximum Gasteiger partial charge on any atom is 0.435 e. The number of urea groups is 1. The summed E-state index contributed by atoms with van der Waals surface area (Å²) in [4.78, 5) is 16.2. The number of aromatic hydroxyl groups is 1. The Balaban J connectivity index is 1.52. The minimum Gasteiger partial charge on any atom is -0.508 e. The number of anilines is 1. The lowest BCUT2D eigenvalue weighted by atomic mass is 10.3. The second-order valence-corrected chi connectivity index (χ2v) is 6.83. The van der Waals surface area contributed by atoms with Crippen LogP contribution in [0.5, 0.6) is 5.75 Å². The molecule has 0 spiro atoms. The van der Waals surface area contributed by atoms with E-state index < -0.39 is 17.9 Å². The number of phenolic OH excluding ortho intramolecular Hbond substituents is 1. The van der Waals surface area contributed by atoms with Crippen molar-refractivity contribution in [3.8, 4) is 11.4 Å². The Morgan fingerprint density at radius 2 is 2.00 bits per heavy atom. The molecule has 0 aliphatic heterocycles. The Kier molecular flexibility index (Phi) is 5.19. The maximum atomic E-state index is 13.2. The number of rotatable bonds is 4. The van der Waals surface area contributed by atoms with Crippen molar-refractivity contribution < 1.29 is 27.5 Å². The molecule has 2 amide bonds. The molecule has 8 nitrogen and oxygen atoms in total. The molecule has 0 saturated carbocycles. The highest BCUT2D eigenvalue weighted by Crippen LogP contribution is 2.30. The second-order valence-electron chi connectivity index (χ2n) is 6.39. The van der Waals surface area contributed by atoms with Crippen molar-refractivity contribution in [2.24, 2.45) is 0 Å². The van der Waals surface area contributed by atoms with E-state index in [9.17, 15) is 23.1 Å². The monoisotopic (exact) mass is 451 g/mol. The van der Waals surface area contributed by atoms with E-state index in [1.165, 1.54) is 30.3 Å². The number of phenols is 1. The fourth-order valence-corrected chi connectivity index (χ4v) is 2.98. The smallest absolute Gasteiger partial charge is 0.435 e.